The van der Waals surface area contributed by atoms with Crippen molar-refractivity contribution in [3.63, 3.8) is 0 Å². The first-order valence-electron chi connectivity index (χ1n) is 10.5. The van der Waals surface area contributed by atoms with Crippen molar-refractivity contribution in [3.05, 3.63) is 99.1 Å². The number of nitro benzene ring substituents is 1. The minimum Gasteiger partial charge on any atom is -0.500 e. The van der Waals surface area contributed by atoms with Crippen LogP contribution in [0.5, 0.6) is 11.5 Å². The lowest BCUT2D eigenvalue weighted by Gasteiger charge is -2.32. The number of aromatic hydroxyl groups is 1. The Balaban J connectivity index is 2.01. The van der Waals surface area contributed by atoms with E-state index in [1.807, 2.05) is 61.5 Å². The summed E-state index contributed by atoms with van der Waals surface area (Å²) in [5.74, 6) is -0.560. The number of aryl methyl sites for hydroxylation is 1. The van der Waals surface area contributed by atoms with E-state index in [0.717, 1.165) is 22.3 Å². The van der Waals surface area contributed by atoms with Crippen molar-refractivity contribution in [2.75, 3.05) is 6.61 Å². The van der Waals surface area contributed by atoms with Crippen LogP contribution in [-0.2, 0) is 0 Å². The van der Waals surface area contributed by atoms with Crippen LogP contribution in [0.2, 0.25) is 0 Å². The van der Waals surface area contributed by atoms with Gasteiger partial charge in [-0.05, 0) is 42.2 Å². The number of hydrogen-bond acceptors (Lipinski definition) is 5. The summed E-state index contributed by atoms with van der Waals surface area (Å²) in [5.41, 5.74) is 3.94. The molecule has 0 radical (unpaired) electrons. The van der Waals surface area contributed by atoms with E-state index >= 15 is 0 Å². The van der Waals surface area contributed by atoms with E-state index in [-0.39, 0.29) is 12.4 Å². The van der Waals surface area contributed by atoms with Crippen molar-refractivity contribution in [3.8, 4) is 11.5 Å². The molecule has 1 heterocycles. The third kappa shape index (κ3) is 4.23. The molecule has 8 heteroatoms. The minimum atomic E-state index is -0.728. The maximum atomic E-state index is 12.7. The Morgan fingerprint density at radius 1 is 1.09 bits per heavy atom. The molecule has 0 saturated heterocycles. The lowest BCUT2D eigenvalue weighted by molar-refractivity contribution is -0.386. The predicted octanol–water partition coefficient (Wildman–Crippen LogP) is 4.93. The van der Waals surface area contributed by atoms with Gasteiger partial charge in [-0.25, -0.2) is 4.79 Å². The summed E-state index contributed by atoms with van der Waals surface area (Å²) in [6, 6.07) is 18.8. The topological polar surface area (TPSA) is 114 Å². The largest absolute Gasteiger partial charge is 0.500 e. The average Bonchev–Trinajstić information content (AvgIpc) is 2.81. The summed E-state index contributed by atoms with van der Waals surface area (Å²) in [7, 11) is 0. The number of phenols is 1. The highest BCUT2D eigenvalue weighted by Gasteiger charge is 2.33. The molecule has 3 aromatic rings. The zero-order valence-electron chi connectivity index (χ0n) is 18.2. The second-order valence-corrected chi connectivity index (χ2v) is 7.58. The Morgan fingerprint density at radius 3 is 2.45 bits per heavy atom. The van der Waals surface area contributed by atoms with Gasteiger partial charge < -0.3 is 20.5 Å². The van der Waals surface area contributed by atoms with Crippen molar-refractivity contribution in [1.82, 2.24) is 10.6 Å². The zero-order valence-corrected chi connectivity index (χ0v) is 18.2. The highest BCUT2D eigenvalue weighted by atomic mass is 16.6. The van der Waals surface area contributed by atoms with E-state index in [0.29, 0.717) is 11.3 Å². The quantitative estimate of drug-likeness (QED) is 0.368. The van der Waals surface area contributed by atoms with Crippen molar-refractivity contribution < 1.29 is 19.6 Å². The molecule has 0 aromatic heterocycles. The van der Waals surface area contributed by atoms with Gasteiger partial charge in [0.05, 0.1) is 23.3 Å². The van der Waals surface area contributed by atoms with Gasteiger partial charge in [0, 0.05) is 11.6 Å². The number of nitrogens with one attached hydrogen (secondary N) is 2. The van der Waals surface area contributed by atoms with Crippen LogP contribution in [0.3, 0.4) is 0 Å². The van der Waals surface area contributed by atoms with Crippen LogP contribution in [0, 0.1) is 17.0 Å². The molecule has 0 aliphatic carbocycles. The summed E-state index contributed by atoms with van der Waals surface area (Å²) in [5, 5.41) is 27.8. The summed E-state index contributed by atoms with van der Waals surface area (Å²) < 4.78 is 5.46. The van der Waals surface area contributed by atoms with E-state index in [2.05, 4.69) is 10.6 Å². The Morgan fingerprint density at radius 2 is 1.79 bits per heavy atom. The highest BCUT2D eigenvalue weighted by Crippen LogP contribution is 2.44. The molecule has 1 aliphatic heterocycles. The Labute approximate surface area is 190 Å². The molecule has 8 nitrogen and oxygen atoms in total. The Bertz CT molecular complexity index is 1250. The third-order valence-electron chi connectivity index (χ3n) is 5.48. The van der Waals surface area contributed by atoms with Crippen LogP contribution in [0.1, 0.15) is 35.2 Å². The summed E-state index contributed by atoms with van der Waals surface area (Å²) in [6.45, 7) is 3.89. The van der Waals surface area contributed by atoms with Crippen LogP contribution in [0.25, 0.3) is 11.3 Å². The number of urea groups is 1. The fourth-order valence-corrected chi connectivity index (χ4v) is 4.00. The highest BCUT2D eigenvalue weighted by molar-refractivity contribution is 6.03. The number of benzene rings is 3. The van der Waals surface area contributed by atoms with Gasteiger partial charge in [0.1, 0.15) is 0 Å². The van der Waals surface area contributed by atoms with E-state index in [4.69, 9.17) is 4.74 Å². The summed E-state index contributed by atoms with van der Waals surface area (Å²) in [6.07, 6.45) is 0. The lowest BCUT2D eigenvalue weighted by atomic mass is 9.85. The first kappa shape index (κ1) is 21.9. The normalized spacial score (nSPS) is 15.6. The Kier molecular flexibility index (Phi) is 5.99. The molecule has 3 N–H and O–H groups in total. The van der Waals surface area contributed by atoms with Crippen molar-refractivity contribution in [1.29, 1.82) is 0 Å². The number of amides is 2. The molecule has 2 amide bonds. The predicted molar refractivity (Wildman–Crippen MR) is 125 cm³/mol. The molecule has 4 rings (SSSR count). The first-order chi connectivity index (χ1) is 15.9. The molecule has 1 atom stereocenters. The number of rotatable bonds is 6. The van der Waals surface area contributed by atoms with Crippen LogP contribution < -0.4 is 15.4 Å². The van der Waals surface area contributed by atoms with Crippen LogP contribution in [0.15, 0.2) is 66.7 Å². The number of hydrogen-bond donors (Lipinski definition) is 3. The molecule has 0 bridgehead atoms. The molecule has 0 spiro atoms. The monoisotopic (exact) mass is 445 g/mol. The van der Waals surface area contributed by atoms with Gasteiger partial charge in [-0.15, -0.1) is 0 Å². The Hall–Kier alpha value is -4.33. The van der Waals surface area contributed by atoms with E-state index in [1.165, 1.54) is 12.1 Å². The van der Waals surface area contributed by atoms with Crippen LogP contribution in [0.4, 0.5) is 10.5 Å². The van der Waals surface area contributed by atoms with E-state index < -0.39 is 28.4 Å². The second-order valence-electron chi connectivity index (χ2n) is 7.58. The molecule has 33 heavy (non-hydrogen) atoms. The number of nitro groups is 1. The maximum Gasteiger partial charge on any atom is 0.320 e. The first-order valence-corrected chi connectivity index (χ1v) is 10.5. The summed E-state index contributed by atoms with van der Waals surface area (Å²) in [4.78, 5) is 23.7. The van der Waals surface area contributed by atoms with Gasteiger partial charge in [0.2, 0.25) is 5.75 Å². The molecule has 1 aliphatic rings. The average molecular weight is 445 g/mol. The molecule has 0 fully saturated rings. The molecular formula is C25H23N3O5. The number of nitrogens with zero attached hydrogens (tertiary/aromatic N) is 1. The van der Waals surface area contributed by atoms with Gasteiger partial charge in [-0.1, -0.05) is 54.6 Å². The summed E-state index contributed by atoms with van der Waals surface area (Å²) >= 11 is 0. The van der Waals surface area contributed by atoms with Gasteiger partial charge in [-0.3, -0.25) is 10.1 Å². The van der Waals surface area contributed by atoms with Crippen molar-refractivity contribution in [2.24, 2.45) is 0 Å². The molecule has 168 valence electrons. The number of carbonyl (C=O) groups is 1. The SMILES string of the molecule is CCOc1cc(C2NC(=O)NC(c3ccccc3)=C2c2ccccc2C)cc([N+](=O)[O-])c1O. The molecular weight excluding hydrogens is 422 g/mol. The maximum absolute atomic E-state index is 12.7. The molecule has 0 saturated carbocycles. The minimum absolute atomic E-state index is 0.0140. The smallest absolute Gasteiger partial charge is 0.320 e. The number of phenolic OH excluding ortho intramolecular Hbond substituents is 1. The van der Waals surface area contributed by atoms with E-state index in [9.17, 15) is 20.0 Å². The fourth-order valence-electron chi connectivity index (χ4n) is 4.00. The standard InChI is InChI=1S/C25H23N3O5/c1-3-33-20-14-17(13-19(24(20)29)28(31)32)23-21(18-12-8-7-9-15(18)2)22(26-25(30)27-23)16-10-5-4-6-11-16/h4-14,23,29H,3H2,1-2H3,(H2,26,27,30). The van der Waals surface area contributed by atoms with Crippen molar-refractivity contribution >= 4 is 23.0 Å². The molecule has 3 aromatic carbocycles. The number of ether oxygens (including phenoxy) is 1. The second kappa shape index (κ2) is 9.04. The number of carbonyl (C=O) groups excluding carboxylic acids is 1. The third-order valence-corrected chi connectivity index (χ3v) is 5.48. The van der Waals surface area contributed by atoms with Crippen LogP contribution >= 0.6 is 0 Å². The van der Waals surface area contributed by atoms with Gasteiger partial charge in [0.15, 0.2) is 5.75 Å². The van der Waals surface area contributed by atoms with Gasteiger partial charge in [0.25, 0.3) is 0 Å². The zero-order chi connectivity index (χ0) is 23.5. The van der Waals surface area contributed by atoms with Gasteiger partial charge in [-0.2, -0.15) is 0 Å². The van der Waals surface area contributed by atoms with Crippen LogP contribution in [-0.4, -0.2) is 22.7 Å². The molecule has 1 unspecified atom stereocenters. The van der Waals surface area contributed by atoms with Crippen molar-refractivity contribution in [2.45, 2.75) is 19.9 Å². The van der Waals surface area contributed by atoms with E-state index in [1.54, 1.807) is 6.92 Å². The van der Waals surface area contributed by atoms with Gasteiger partial charge >= 0.3 is 11.7 Å². The fraction of sp³-hybridized carbons (Fsp3) is 0.160. The lowest BCUT2D eigenvalue weighted by Crippen LogP contribution is -2.43.